The molecule has 1 unspecified atom stereocenters. The predicted octanol–water partition coefficient (Wildman–Crippen LogP) is 2.44. The lowest BCUT2D eigenvalue weighted by Gasteiger charge is -2.36. The monoisotopic (exact) mass is 250 g/mol. The highest BCUT2D eigenvalue weighted by Gasteiger charge is 2.28. The zero-order valence-electron chi connectivity index (χ0n) is 12.4. The van der Waals surface area contributed by atoms with Gasteiger partial charge in [0.1, 0.15) is 0 Å². The highest BCUT2D eigenvalue weighted by molar-refractivity contribution is 5.47. The summed E-state index contributed by atoms with van der Waals surface area (Å²) in [6.07, 6.45) is 0. The molecule has 102 valence electrons. The Bertz CT molecular complexity index is 377. The minimum atomic E-state index is -0.188. The molecule has 0 aliphatic carbocycles. The summed E-state index contributed by atoms with van der Waals surface area (Å²) in [6, 6.07) is 8.82. The van der Waals surface area contributed by atoms with Gasteiger partial charge in [-0.15, -0.1) is 0 Å². The molecule has 1 aromatic carbocycles. The molecular weight excluding hydrogens is 224 g/mol. The molecule has 18 heavy (non-hydrogen) atoms. The Morgan fingerprint density at radius 2 is 2.06 bits per heavy atom. The second-order valence-corrected chi connectivity index (χ2v) is 5.37. The first-order valence-electron chi connectivity index (χ1n) is 6.41. The predicted molar refractivity (Wildman–Crippen MR) is 78.4 cm³/mol. The lowest BCUT2D eigenvalue weighted by atomic mass is 9.98. The summed E-state index contributed by atoms with van der Waals surface area (Å²) in [6.45, 7) is 7.24. The molecule has 0 saturated carbocycles. The van der Waals surface area contributed by atoms with Crippen LogP contribution in [0.1, 0.15) is 19.4 Å². The molecule has 3 heteroatoms. The molecule has 0 spiro atoms. The second-order valence-electron chi connectivity index (χ2n) is 5.37. The number of nitrogens with zero attached hydrogens (tertiary/aromatic N) is 1. The van der Waals surface area contributed by atoms with Gasteiger partial charge in [0, 0.05) is 26.4 Å². The molecular formula is C15H26N2O. The third kappa shape index (κ3) is 3.72. The molecule has 0 aliphatic heterocycles. The number of nitrogens with one attached hydrogen (secondary N) is 1. The molecule has 0 aliphatic rings. The maximum Gasteiger partial charge on any atom is 0.0792 e. The number of methoxy groups -OCH3 is 1. The van der Waals surface area contributed by atoms with E-state index >= 15 is 0 Å². The highest BCUT2D eigenvalue weighted by atomic mass is 16.5. The van der Waals surface area contributed by atoms with Gasteiger partial charge in [0.25, 0.3) is 0 Å². The van der Waals surface area contributed by atoms with Crippen LogP contribution in [0.5, 0.6) is 0 Å². The number of benzene rings is 1. The third-order valence-electron chi connectivity index (χ3n) is 3.61. The van der Waals surface area contributed by atoms with Gasteiger partial charge in [0.2, 0.25) is 0 Å². The van der Waals surface area contributed by atoms with Crippen molar-refractivity contribution in [3.05, 3.63) is 29.8 Å². The van der Waals surface area contributed by atoms with E-state index in [4.69, 9.17) is 4.74 Å². The highest BCUT2D eigenvalue weighted by Crippen LogP contribution is 2.19. The zero-order chi connectivity index (χ0) is 13.8. The van der Waals surface area contributed by atoms with Crippen molar-refractivity contribution >= 4 is 5.69 Å². The van der Waals surface area contributed by atoms with Crippen LogP contribution in [0.3, 0.4) is 0 Å². The molecule has 1 rings (SSSR count). The van der Waals surface area contributed by atoms with E-state index in [1.807, 2.05) is 7.05 Å². The molecule has 0 bridgehead atoms. The van der Waals surface area contributed by atoms with E-state index in [1.54, 1.807) is 7.11 Å². The average Bonchev–Trinajstić information content (AvgIpc) is 2.35. The van der Waals surface area contributed by atoms with Crippen molar-refractivity contribution in [1.82, 2.24) is 5.32 Å². The Labute approximate surface area is 111 Å². The molecule has 1 N–H and O–H groups in total. The molecule has 0 fully saturated rings. The molecule has 0 heterocycles. The van der Waals surface area contributed by atoms with Crippen molar-refractivity contribution in [2.45, 2.75) is 32.4 Å². The second kappa shape index (κ2) is 6.21. The van der Waals surface area contributed by atoms with Crippen LogP contribution >= 0.6 is 0 Å². The molecule has 0 aromatic heterocycles. The van der Waals surface area contributed by atoms with Crippen molar-refractivity contribution in [3.8, 4) is 0 Å². The average molecular weight is 250 g/mol. The number of ether oxygens (including phenoxy) is 1. The molecule has 0 amide bonds. The Morgan fingerprint density at radius 3 is 2.56 bits per heavy atom. The lowest BCUT2D eigenvalue weighted by Crippen LogP contribution is -2.52. The van der Waals surface area contributed by atoms with Crippen LogP contribution in [0.2, 0.25) is 0 Å². The van der Waals surface area contributed by atoms with Gasteiger partial charge in [-0.1, -0.05) is 12.1 Å². The quantitative estimate of drug-likeness (QED) is 0.839. The van der Waals surface area contributed by atoms with Gasteiger partial charge in [0.15, 0.2) is 0 Å². The van der Waals surface area contributed by atoms with E-state index in [2.05, 4.69) is 62.3 Å². The van der Waals surface area contributed by atoms with Crippen LogP contribution in [-0.4, -0.2) is 39.4 Å². The van der Waals surface area contributed by atoms with Gasteiger partial charge in [-0.3, -0.25) is 0 Å². The molecule has 0 saturated heterocycles. The topological polar surface area (TPSA) is 24.5 Å². The minimum absolute atomic E-state index is 0.188. The maximum atomic E-state index is 5.56. The van der Waals surface area contributed by atoms with Crippen molar-refractivity contribution in [3.63, 3.8) is 0 Å². The molecule has 1 aromatic rings. The van der Waals surface area contributed by atoms with E-state index in [-0.39, 0.29) is 11.6 Å². The van der Waals surface area contributed by atoms with Gasteiger partial charge in [-0.25, -0.2) is 0 Å². The summed E-state index contributed by atoms with van der Waals surface area (Å²) in [4.78, 5) is 2.26. The van der Waals surface area contributed by atoms with Crippen LogP contribution in [0.15, 0.2) is 24.3 Å². The Kier molecular flexibility index (Phi) is 5.17. The Hall–Kier alpha value is -1.06. The Balaban J connectivity index is 2.77. The number of hydrogen-bond donors (Lipinski definition) is 1. The summed E-state index contributed by atoms with van der Waals surface area (Å²) in [5, 5.41) is 3.34. The van der Waals surface area contributed by atoms with Gasteiger partial charge in [0.05, 0.1) is 11.6 Å². The van der Waals surface area contributed by atoms with E-state index in [0.29, 0.717) is 0 Å². The van der Waals surface area contributed by atoms with E-state index in [1.165, 1.54) is 11.3 Å². The van der Waals surface area contributed by atoms with Crippen LogP contribution in [0.25, 0.3) is 0 Å². The van der Waals surface area contributed by atoms with Crippen LogP contribution in [-0.2, 0) is 4.74 Å². The first-order valence-corrected chi connectivity index (χ1v) is 6.41. The van der Waals surface area contributed by atoms with Gasteiger partial charge in [-0.05, 0) is 45.5 Å². The fourth-order valence-corrected chi connectivity index (χ4v) is 2.05. The molecule has 3 nitrogen and oxygen atoms in total. The largest absolute Gasteiger partial charge is 0.377 e. The zero-order valence-corrected chi connectivity index (χ0v) is 12.4. The van der Waals surface area contributed by atoms with Gasteiger partial charge in [-0.2, -0.15) is 0 Å². The van der Waals surface area contributed by atoms with Crippen LogP contribution in [0.4, 0.5) is 5.69 Å². The standard InChI is InChI=1S/C15H26N2O/c1-12-8-7-9-13(10-12)17(5)11-14(16-4)15(2,3)18-6/h7-10,14,16H,11H2,1-6H3. The van der Waals surface area contributed by atoms with Crippen molar-refractivity contribution in [2.24, 2.45) is 0 Å². The fourth-order valence-electron chi connectivity index (χ4n) is 2.05. The summed E-state index contributed by atoms with van der Waals surface area (Å²) < 4.78 is 5.56. The van der Waals surface area contributed by atoms with Crippen LogP contribution in [0, 0.1) is 6.92 Å². The van der Waals surface area contributed by atoms with Gasteiger partial charge >= 0.3 is 0 Å². The number of aryl methyl sites for hydroxylation is 1. The van der Waals surface area contributed by atoms with E-state index in [0.717, 1.165) is 6.54 Å². The number of anilines is 1. The molecule has 0 radical (unpaired) electrons. The SMILES string of the molecule is CNC(CN(C)c1cccc(C)c1)C(C)(C)OC. The summed E-state index contributed by atoms with van der Waals surface area (Å²) in [5.74, 6) is 0. The third-order valence-corrected chi connectivity index (χ3v) is 3.61. The van der Waals surface area contributed by atoms with E-state index in [9.17, 15) is 0 Å². The first-order chi connectivity index (χ1) is 8.40. The van der Waals surface area contributed by atoms with Crippen molar-refractivity contribution < 1.29 is 4.74 Å². The lowest BCUT2D eigenvalue weighted by molar-refractivity contribution is -0.00577. The first kappa shape index (κ1) is 15.0. The van der Waals surface area contributed by atoms with Crippen molar-refractivity contribution in [1.29, 1.82) is 0 Å². The number of hydrogen-bond acceptors (Lipinski definition) is 3. The van der Waals surface area contributed by atoms with Crippen molar-refractivity contribution in [2.75, 3.05) is 32.6 Å². The minimum Gasteiger partial charge on any atom is -0.377 e. The Morgan fingerprint density at radius 1 is 1.39 bits per heavy atom. The normalized spacial score (nSPS) is 13.4. The molecule has 1 atom stereocenters. The van der Waals surface area contributed by atoms with Crippen LogP contribution < -0.4 is 10.2 Å². The number of likely N-dealkylation sites (N-methyl/N-ethyl adjacent to an activating group) is 2. The summed E-state index contributed by atoms with van der Waals surface area (Å²) >= 11 is 0. The van der Waals surface area contributed by atoms with Gasteiger partial charge < -0.3 is 15.0 Å². The number of rotatable bonds is 6. The van der Waals surface area contributed by atoms with E-state index < -0.39 is 0 Å². The summed E-state index contributed by atoms with van der Waals surface area (Å²) in [5.41, 5.74) is 2.33. The fraction of sp³-hybridized carbons (Fsp3) is 0.600. The smallest absolute Gasteiger partial charge is 0.0792 e. The maximum absolute atomic E-state index is 5.56. The summed E-state index contributed by atoms with van der Waals surface area (Å²) in [7, 11) is 5.86.